The minimum atomic E-state index is -0.810. The predicted octanol–water partition coefficient (Wildman–Crippen LogP) is 5.85. The first kappa shape index (κ1) is 23.4. The van der Waals surface area contributed by atoms with Gasteiger partial charge in [-0.1, -0.05) is 36.4 Å². The van der Waals surface area contributed by atoms with Crippen LogP contribution in [0.4, 0.5) is 21.5 Å². The Morgan fingerprint density at radius 2 is 1.77 bits per heavy atom. The predicted molar refractivity (Wildman–Crippen MR) is 130 cm³/mol. The number of phenols is 1. The first-order chi connectivity index (χ1) is 16.9. The highest BCUT2D eigenvalue weighted by molar-refractivity contribution is 6.12. The van der Waals surface area contributed by atoms with E-state index in [1.54, 1.807) is 48.5 Å². The second kappa shape index (κ2) is 10.0. The highest BCUT2D eigenvalue weighted by atomic mass is 19.1. The van der Waals surface area contributed by atoms with Gasteiger partial charge in [0, 0.05) is 10.9 Å². The fourth-order valence-corrected chi connectivity index (χ4v) is 3.48. The Balaban J connectivity index is 1.75. The van der Waals surface area contributed by atoms with E-state index in [4.69, 9.17) is 10.5 Å². The largest absolute Gasteiger partial charge is 0.505 e. The molecule has 4 aromatic rings. The van der Waals surface area contributed by atoms with E-state index in [0.29, 0.717) is 28.8 Å². The van der Waals surface area contributed by atoms with Gasteiger partial charge in [-0.2, -0.15) is 0 Å². The highest BCUT2D eigenvalue weighted by Gasteiger charge is 2.20. The number of fused-ring (bicyclic) bond motifs is 1. The van der Waals surface area contributed by atoms with Crippen LogP contribution in [0.3, 0.4) is 0 Å². The van der Waals surface area contributed by atoms with E-state index < -0.39 is 23.4 Å². The zero-order valence-corrected chi connectivity index (χ0v) is 18.7. The van der Waals surface area contributed by atoms with Crippen molar-refractivity contribution in [2.75, 3.05) is 11.9 Å². The molecule has 4 N–H and O–H groups in total. The summed E-state index contributed by atoms with van der Waals surface area (Å²) in [6, 6.07) is 18.9. The number of nitrogens with two attached hydrogens (primary N) is 1. The number of anilines is 1. The van der Waals surface area contributed by atoms with Gasteiger partial charge in [-0.3, -0.25) is 9.59 Å². The molecule has 0 spiro atoms. The van der Waals surface area contributed by atoms with Gasteiger partial charge in [0.1, 0.15) is 17.1 Å². The molecular weight excluding hydrogens is 451 g/mol. The number of ether oxygens (including phenoxy) is 1. The van der Waals surface area contributed by atoms with Crippen molar-refractivity contribution in [3.05, 3.63) is 89.7 Å². The number of phenolic OH excluding ortho intramolecular Hbond substituents is 1. The molecule has 4 aromatic carbocycles. The van der Waals surface area contributed by atoms with Crippen LogP contribution in [-0.4, -0.2) is 23.5 Å². The summed E-state index contributed by atoms with van der Waals surface area (Å²) in [4.78, 5) is 24.4. The van der Waals surface area contributed by atoms with Crippen molar-refractivity contribution < 1.29 is 23.8 Å². The summed E-state index contributed by atoms with van der Waals surface area (Å²) in [5.41, 5.74) is 5.37. The van der Waals surface area contributed by atoms with Gasteiger partial charge < -0.3 is 20.9 Å². The van der Waals surface area contributed by atoms with Crippen LogP contribution in [0.15, 0.2) is 83.0 Å². The molecule has 0 saturated carbocycles. The molecule has 0 atom stereocenters. The molecule has 0 bridgehead atoms. The summed E-state index contributed by atoms with van der Waals surface area (Å²) in [6.07, 6.45) is 0. The average Bonchev–Trinajstić information content (AvgIpc) is 2.85. The number of nitrogens with zero attached hydrogens (tertiary/aromatic N) is 2. The van der Waals surface area contributed by atoms with Crippen LogP contribution in [0, 0.1) is 5.82 Å². The maximum absolute atomic E-state index is 14.4. The molecule has 0 saturated heterocycles. The van der Waals surface area contributed by atoms with Crippen LogP contribution in [0.5, 0.6) is 11.5 Å². The number of carbonyl (C=O) groups excluding carboxylic acids is 2. The minimum Gasteiger partial charge on any atom is -0.505 e. The average molecular weight is 472 g/mol. The number of hydrogen-bond donors (Lipinski definition) is 3. The topological polar surface area (TPSA) is 126 Å². The number of hydrogen-bond acceptors (Lipinski definition) is 6. The van der Waals surface area contributed by atoms with E-state index in [1.807, 2.05) is 6.92 Å². The second-order valence-electron chi connectivity index (χ2n) is 7.46. The Hall–Kier alpha value is -4.79. The number of amides is 2. The van der Waals surface area contributed by atoms with Gasteiger partial charge in [-0.25, -0.2) is 4.39 Å². The number of halogens is 1. The number of azo groups is 1. The Morgan fingerprint density at radius 1 is 1.03 bits per heavy atom. The molecule has 0 aliphatic carbocycles. The van der Waals surface area contributed by atoms with Gasteiger partial charge in [0.2, 0.25) is 5.91 Å². The molecule has 176 valence electrons. The van der Waals surface area contributed by atoms with Crippen molar-refractivity contribution in [3.8, 4) is 11.5 Å². The van der Waals surface area contributed by atoms with Crippen molar-refractivity contribution in [3.63, 3.8) is 0 Å². The van der Waals surface area contributed by atoms with Crippen molar-refractivity contribution >= 4 is 39.6 Å². The van der Waals surface area contributed by atoms with E-state index in [2.05, 4.69) is 15.5 Å². The summed E-state index contributed by atoms with van der Waals surface area (Å²) < 4.78 is 19.9. The van der Waals surface area contributed by atoms with Crippen LogP contribution in [-0.2, 0) is 0 Å². The van der Waals surface area contributed by atoms with E-state index in [-0.39, 0.29) is 22.5 Å². The minimum absolute atomic E-state index is 0.00952. The quantitative estimate of drug-likeness (QED) is 0.292. The molecular formula is C26H21FN4O4. The van der Waals surface area contributed by atoms with Crippen molar-refractivity contribution in [2.24, 2.45) is 16.0 Å². The molecule has 0 aromatic heterocycles. The van der Waals surface area contributed by atoms with Gasteiger partial charge in [0.05, 0.1) is 17.9 Å². The van der Waals surface area contributed by atoms with Gasteiger partial charge >= 0.3 is 0 Å². The summed E-state index contributed by atoms with van der Waals surface area (Å²) in [6.45, 7) is 2.24. The normalized spacial score (nSPS) is 11.0. The van der Waals surface area contributed by atoms with Crippen molar-refractivity contribution in [2.45, 2.75) is 6.92 Å². The smallest absolute Gasteiger partial charge is 0.259 e. The summed E-state index contributed by atoms with van der Waals surface area (Å²) in [5, 5.41) is 22.8. The third kappa shape index (κ3) is 4.93. The molecule has 35 heavy (non-hydrogen) atoms. The number of rotatable bonds is 7. The number of aromatic hydroxyl groups is 1. The summed E-state index contributed by atoms with van der Waals surface area (Å²) in [5.74, 6) is -2.11. The molecule has 2 amide bonds. The monoisotopic (exact) mass is 472 g/mol. The molecule has 0 fully saturated rings. The van der Waals surface area contributed by atoms with Crippen LogP contribution in [0.25, 0.3) is 10.8 Å². The third-order valence-corrected chi connectivity index (χ3v) is 5.16. The maximum atomic E-state index is 14.4. The molecule has 4 rings (SSSR count). The number of benzene rings is 4. The first-order valence-electron chi connectivity index (χ1n) is 10.7. The SMILES string of the molecule is CCOc1ccccc1NC(=O)c1cc2ccccc2c(N=Nc2ccc(C(N)=O)cc2F)c1O. The fraction of sp³-hybridized carbons (Fsp3) is 0.0769. The molecule has 0 radical (unpaired) electrons. The van der Waals surface area contributed by atoms with E-state index in [0.717, 1.165) is 6.07 Å². The Bertz CT molecular complexity index is 1470. The molecule has 0 aliphatic rings. The lowest BCUT2D eigenvalue weighted by Gasteiger charge is -2.13. The Morgan fingerprint density at radius 3 is 2.51 bits per heavy atom. The van der Waals surface area contributed by atoms with Crippen molar-refractivity contribution in [1.82, 2.24) is 0 Å². The lowest BCUT2D eigenvalue weighted by Crippen LogP contribution is -2.13. The molecule has 8 nitrogen and oxygen atoms in total. The number of para-hydroxylation sites is 2. The van der Waals surface area contributed by atoms with E-state index in [1.165, 1.54) is 18.2 Å². The van der Waals surface area contributed by atoms with Gasteiger partial charge in [0.25, 0.3) is 5.91 Å². The lowest BCUT2D eigenvalue weighted by molar-refractivity contribution is 0.0997. The van der Waals surface area contributed by atoms with E-state index in [9.17, 15) is 19.1 Å². The first-order valence-corrected chi connectivity index (χ1v) is 10.7. The molecule has 0 aliphatic heterocycles. The lowest BCUT2D eigenvalue weighted by atomic mass is 10.0. The molecule has 9 heteroatoms. The molecule has 0 heterocycles. The van der Waals surface area contributed by atoms with Crippen LogP contribution in [0.2, 0.25) is 0 Å². The van der Waals surface area contributed by atoms with Gasteiger partial charge in [-0.05, 0) is 48.7 Å². The number of nitrogens with one attached hydrogen (secondary N) is 1. The van der Waals surface area contributed by atoms with Crippen LogP contribution >= 0.6 is 0 Å². The standard InChI is InChI=1S/C26H21FN4O4/c1-2-35-22-10-6-5-9-21(22)29-26(34)18-13-15-7-3-4-8-17(15)23(24(18)32)31-30-20-12-11-16(25(28)33)14-19(20)27/h3-14,32H,2H2,1H3,(H2,28,33)(H,29,34). The van der Waals surface area contributed by atoms with Crippen LogP contribution < -0.4 is 15.8 Å². The maximum Gasteiger partial charge on any atom is 0.259 e. The van der Waals surface area contributed by atoms with Crippen molar-refractivity contribution in [1.29, 1.82) is 0 Å². The third-order valence-electron chi connectivity index (χ3n) is 5.16. The zero-order valence-electron chi connectivity index (χ0n) is 18.7. The fourth-order valence-electron chi connectivity index (χ4n) is 3.48. The Kier molecular flexibility index (Phi) is 6.68. The number of primary amides is 1. The zero-order chi connectivity index (χ0) is 24.9. The summed E-state index contributed by atoms with van der Waals surface area (Å²) in [7, 11) is 0. The van der Waals surface area contributed by atoms with E-state index >= 15 is 0 Å². The molecule has 0 unspecified atom stereocenters. The summed E-state index contributed by atoms with van der Waals surface area (Å²) >= 11 is 0. The second-order valence-corrected chi connectivity index (χ2v) is 7.46. The highest BCUT2D eigenvalue weighted by Crippen LogP contribution is 2.40. The Labute approximate surface area is 199 Å². The van der Waals surface area contributed by atoms with Gasteiger partial charge in [0.15, 0.2) is 11.6 Å². The van der Waals surface area contributed by atoms with Gasteiger partial charge in [-0.15, -0.1) is 10.2 Å². The number of carbonyl (C=O) groups is 2. The van der Waals surface area contributed by atoms with Crippen LogP contribution in [0.1, 0.15) is 27.6 Å².